The summed E-state index contributed by atoms with van der Waals surface area (Å²) in [5.74, 6) is -2.05. The monoisotopic (exact) mass is 263 g/mol. The molecule has 1 aromatic carbocycles. The van der Waals surface area contributed by atoms with Crippen molar-refractivity contribution >= 4 is 17.4 Å². The number of aromatic nitrogens is 1. The minimum Gasteiger partial charge on any atom is -0.373 e. The fraction of sp³-hybridized carbons (Fsp3) is 0.0769. The molecule has 2 aromatic rings. The average Bonchev–Trinajstić information content (AvgIpc) is 2.44. The number of nitrogens with zero attached hydrogens (tertiary/aromatic N) is 1. The van der Waals surface area contributed by atoms with Crippen molar-refractivity contribution in [3.63, 3.8) is 0 Å². The van der Waals surface area contributed by atoms with Crippen molar-refractivity contribution in [1.82, 2.24) is 4.98 Å². The maximum Gasteiger partial charge on any atom is 0.257 e. The topological polar surface area (TPSA) is 54.0 Å². The van der Waals surface area contributed by atoms with Gasteiger partial charge in [0.05, 0.1) is 11.3 Å². The Hall–Kier alpha value is -2.50. The van der Waals surface area contributed by atoms with E-state index in [-0.39, 0.29) is 11.3 Å². The van der Waals surface area contributed by atoms with Crippen molar-refractivity contribution < 1.29 is 13.6 Å². The number of halogens is 2. The zero-order valence-electron chi connectivity index (χ0n) is 10.1. The molecule has 1 aromatic heterocycles. The fourth-order valence-electron chi connectivity index (χ4n) is 1.47. The summed E-state index contributed by atoms with van der Waals surface area (Å²) >= 11 is 0. The number of pyridine rings is 1. The average molecular weight is 263 g/mol. The lowest BCUT2D eigenvalue weighted by Crippen LogP contribution is -2.13. The molecular formula is C13H11F2N3O. The van der Waals surface area contributed by atoms with Crippen molar-refractivity contribution in [3.8, 4) is 0 Å². The number of benzene rings is 1. The molecule has 1 amide bonds. The van der Waals surface area contributed by atoms with Gasteiger partial charge in [0.25, 0.3) is 5.91 Å². The molecule has 98 valence electrons. The maximum absolute atomic E-state index is 13.4. The van der Waals surface area contributed by atoms with Crippen LogP contribution < -0.4 is 10.6 Å². The zero-order chi connectivity index (χ0) is 13.8. The summed E-state index contributed by atoms with van der Waals surface area (Å²) in [6, 6.07) is 6.72. The molecule has 0 saturated heterocycles. The Balaban J connectivity index is 2.18. The van der Waals surface area contributed by atoms with E-state index >= 15 is 0 Å². The molecule has 0 bridgehead atoms. The Bertz CT molecular complexity index is 599. The highest BCUT2D eigenvalue weighted by atomic mass is 19.2. The maximum atomic E-state index is 13.4. The number of amides is 1. The first-order valence-corrected chi connectivity index (χ1v) is 5.51. The molecule has 0 saturated carbocycles. The van der Waals surface area contributed by atoms with E-state index in [2.05, 4.69) is 15.6 Å². The van der Waals surface area contributed by atoms with E-state index in [1.165, 1.54) is 24.4 Å². The number of hydrogen-bond acceptors (Lipinski definition) is 3. The van der Waals surface area contributed by atoms with Crippen molar-refractivity contribution in [2.75, 3.05) is 17.7 Å². The molecule has 2 rings (SSSR count). The van der Waals surface area contributed by atoms with Gasteiger partial charge in [0.15, 0.2) is 11.6 Å². The van der Waals surface area contributed by atoms with Crippen molar-refractivity contribution in [3.05, 3.63) is 53.7 Å². The summed E-state index contributed by atoms with van der Waals surface area (Å²) in [6.45, 7) is 0. The fourth-order valence-corrected chi connectivity index (χ4v) is 1.47. The van der Waals surface area contributed by atoms with Crippen LogP contribution in [0.4, 0.5) is 20.3 Å². The number of hydrogen-bond donors (Lipinski definition) is 2. The summed E-state index contributed by atoms with van der Waals surface area (Å²) in [7, 11) is 1.70. The lowest BCUT2D eigenvalue weighted by Gasteiger charge is -2.07. The van der Waals surface area contributed by atoms with Crippen LogP contribution in [0.15, 0.2) is 36.5 Å². The molecular weight excluding hydrogens is 252 g/mol. The summed E-state index contributed by atoms with van der Waals surface area (Å²) in [5, 5.41) is 5.10. The predicted octanol–water partition coefficient (Wildman–Crippen LogP) is 2.65. The highest BCUT2D eigenvalue weighted by Gasteiger charge is 2.12. The quantitative estimate of drug-likeness (QED) is 0.895. The standard InChI is InChI=1S/C13H11F2N3O/c1-16-11-6-5-8(7-17-11)13(19)18-10-4-2-3-9(14)12(10)15/h2-7H,1H3,(H,16,17)(H,18,19). The first-order chi connectivity index (χ1) is 9.11. The van der Waals surface area contributed by atoms with Gasteiger partial charge in [-0.05, 0) is 24.3 Å². The van der Waals surface area contributed by atoms with Crippen LogP contribution in [-0.4, -0.2) is 17.9 Å². The van der Waals surface area contributed by atoms with E-state index in [1.807, 2.05) is 0 Å². The third kappa shape index (κ3) is 2.85. The highest BCUT2D eigenvalue weighted by Crippen LogP contribution is 2.17. The van der Waals surface area contributed by atoms with Crippen LogP contribution in [0.3, 0.4) is 0 Å². The van der Waals surface area contributed by atoms with Gasteiger partial charge in [-0.2, -0.15) is 0 Å². The van der Waals surface area contributed by atoms with Crippen LogP contribution in [0.25, 0.3) is 0 Å². The number of carbonyl (C=O) groups is 1. The molecule has 4 nitrogen and oxygen atoms in total. The Morgan fingerprint density at radius 1 is 1.21 bits per heavy atom. The molecule has 0 radical (unpaired) electrons. The Morgan fingerprint density at radius 3 is 2.63 bits per heavy atom. The highest BCUT2D eigenvalue weighted by molar-refractivity contribution is 6.04. The lowest BCUT2D eigenvalue weighted by molar-refractivity contribution is 0.102. The van der Waals surface area contributed by atoms with Gasteiger partial charge in [0, 0.05) is 13.2 Å². The first-order valence-electron chi connectivity index (χ1n) is 5.51. The number of rotatable bonds is 3. The van der Waals surface area contributed by atoms with Gasteiger partial charge in [-0.25, -0.2) is 13.8 Å². The second-order valence-corrected chi connectivity index (χ2v) is 3.74. The van der Waals surface area contributed by atoms with Crippen LogP contribution in [0.2, 0.25) is 0 Å². The van der Waals surface area contributed by atoms with E-state index < -0.39 is 17.5 Å². The van der Waals surface area contributed by atoms with Gasteiger partial charge in [0.1, 0.15) is 5.82 Å². The minimum atomic E-state index is -1.09. The lowest BCUT2D eigenvalue weighted by atomic mass is 10.2. The Kier molecular flexibility index (Phi) is 3.70. The Labute approximate surface area is 108 Å². The number of anilines is 2. The van der Waals surface area contributed by atoms with Crippen molar-refractivity contribution in [1.29, 1.82) is 0 Å². The molecule has 0 spiro atoms. The summed E-state index contributed by atoms with van der Waals surface area (Å²) in [6.07, 6.45) is 1.35. The van der Waals surface area contributed by atoms with Gasteiger partial charge >= 0.3 is 0 Å². The molecule has 0 atom stereocenters. The number of nitrogens with one attached hydrogen (secondary N) is 2. The van der Waals surface area contributed by atoms with Gasteiger partial charge in [-0.15, -0.1) is 0 Å². The van der Waals surface area contributed by atoms with Gasteiger partial charge < -0.3 is 10.6 Å². The van der Waals surface area contributed by atoms with E-state index in [4.69, 9.17) is 0 Å². The van der Waals surface area contributed by atoms with E-state index in [9.17, 15) is 13.6 Å². The van der Waals surface area contributed by atoms with Gasteiger partial charge in [-0.3, -0.25) is 4.79 Å². The zero-order valence-corrected chi connectivity index (χ0v) is 10.1. The third-order valence-electron chi connectivity index (χ3n) is 2.48. The molecule has 2 N–H and O–H groups in total. The first kappa shape index (κ1) is 12.9. The molecule has 1 heterocycles. The molecule has 0 aliphatic rings. The van der Waals surface area contributed by atoms with Crippen LogP contribution in [0.5, 0.6) is 0 Å². The van der Waals surface area contributed by atoms with Crippen molar-refractivity contribution in [2.24, 2.45) is 0 Å². The minimum absolute atomic E-state index is 0.206. The second-order valence-electron chi connectivity index (χ2n) is 3.74. The van der Waals surface area contributed by atoms with Gasteiger partial charge in [0.2, 0.25) is 0 Å². The molecule has 0 aliphatic carbocycles. The molecule has 19 heavy (non-hydrogen) atoms. The third-order valence-corrected chi connectivity index (χ3v) is 2.48. The van der Waals surface area contributed by atoms with E-state index in [1.54, 1.807) is 13.1 Å². The van der Waals surface area contributed by atoms with Crippen LogP contribution in [0, 0.1) is 11.6 Å². The smallest absolute Gasteiger partial charge is 0.257 e. The second kappa shape index (κ2) is 5.43. The van der Waals surface area contributed by atoms with Crippen LogP contribution in [-0.2, 0) is 0 Å². The van der Waals surface area contributed by atoms with Crippen molar-refractivity contribution in [2.45, 2.75) is 0 Å². The molecule has 0 fully saturated rings. The van der Waals surface area contributed by atoms with Crippen LogP contribution in [0.1, 0.15) is 10.4 Å². The predicted molar refractivity (Wildman–Crippen MR) is 68.1 cm³/mol. The SMILES string of the molecule is CNc1ccc(C(=O)Nc2cccc(F)c2F)cn1. The molecule has 6 heteroatoms. The van der Waals surface area contributed by atoms with E-state index in [0.717, 1.165) is 6.07 Å². The molecule has 0 aliphatic heterocycles. The number of carbonyl (C=O) groups excluding carboxylic acids is 1. The van der Waals surface area contributed by atoms with Crippen LogP contribution >= 0.6 is 0 Å². The Morgan fingerprint density at radius 2 is 2.00 bits per heavy atom. The largest absolute Gasteiger partial charge is 0.373 e. The summed E-state index contributed by atoms with van der Waals surface area (Å²) in [4.78, 5) is 15.8. The van der Waals surface area contributed by atoms with Gasteiger partial charge in [-0.1, -0.05) is 6.07 Å². The summed E-state index contributed by atoms with van der Waals surface area (Å²) in [5.41, 5.74) is 0.0466. The molecule has 0 unspecified atom stereocenters. The summed E-state index contributed by atoms with van der Waals surface area (Å²) < 4.78 is 26.4. The van der Waals surface area contributed by atoms with E-state index in [0.29, 0.717) is 5.82 Å². The normalized spacial score (nSPS) is 10.1.